The highest BCUT2D eigenvalue weighted by molar-refractivity contribution is 4.87. The van der Waals surface area contributed by atoms with Crippen LogP contribution in [0, 0.1) is 0 Å². The van der Waals surface area contributed by atoms with Gasteiger partial charge < -0.3 is 4.42 Å². The van der Waals surface area contributed by atoms with Gasteiger partial charge in [-0.15, -0.1) is 6.58 Å². The molecule has 0 saturated carbocycles. The van der Waals surface area contributed by atoms with Gasteiger partial charge in [0.25, 0.3) is 0 Å². The molecule has 2 nitrogen and oxygen atoms in total. The van der Waals surface area contributed by atoms with E-state index >= 15 is 0 Å². The zero-order chi connectivity index (χ0) is 7.94. The van der Waals surface area contributed by atoms with E-state index in [1.165, 1.54) is 12.8 Å². The Morgan fingerprint density at radius 2 is 2.45 bits per heavy atom. The number of allylic oxidation sites excluding steroid dienone is 1. The van der Waals surface area contributed by atoms with Gasteiger partial charge in [-0.1, -0.05) is 6.08 Å². The standard InChI is InChI=1S/C9H13NO/c1-2-3-4-5-6-9-7-10-8-11-9/h2,7-8H,1,3-6H2. The van der Waals surface area contributed by atoms with E-state index in [4.69, 9.17) is 4.42 Å². The molecule has 1 heterocycles. The van der Waals surface area contributed by atoms with E-state index in [0.29, 0.717) is 0 Å². The monoisotopic (exact) mass is 151 g/mol. The van der Waals surface area contributed by atoms with Gasteiger partial charge in [-0.25, -0.2) is 4.98 Å². The van der Waals surface area contributed by atoms with Crippen LogP contribution in [-0.4, -0.2) is 4.98 Å². The van der Waals surface area contributed by atoms with Crippen LogP contribution in [0.1, 0.15) is 25.0 Å². The van der Waals surface area contributed by atoms with Crippen molar-refractivity contribution < 1.29 is 4.42 Å². The molecular formula is C9H13NO. The lowest BCUT2D eigenvalue weighted by Crippen LogP contribution is -1.80. The lowest BCUT2D eigenvalue weighted by Gasteiger charge is -1.93. The number of unbranched alkanes of at least 4 members (excludes halogenated alkanes) is 2. The van der Waals surface area contributed by atoms with Gasteiger partial charge in [-0.2, -0.15) is 0 Å². The van der Waals surface area contributed by atoms with Crippen LogP contribution in [0.3, 0.4) is 0 Å². The maximum Gasteiger partial charge on any atom is 0.180 e. The SMILES string of the molecule is C=CCCCCc1cnco1. The highest BCUT2D eigenvalue weighted by Gasteiger charge is 1.94. The van der Waals surface area contributed by atoms with Crippen LogP contribution in [0.4, 0.5) is 0 Å². The summed E-state index contributed by atoms with van der Waals surface area (Å²) in [6.07, 6.45) is 9.62. The summed E-state index contributed by atoms with van der Waals surface area (Å²) in [5.74, 6) is 0.981. The van der Waals surface area contributed by atoms with Crippen LogP contribution in [-0.2, 0) is 6.42 Å². The Balaban J connectivity index is 2.09. The molecule has 1 rings (SSSR count). The Kier molecular flexibility index (Phi) is 3.45. The van der Waals surface area contributed by atoms with Gasteiger partial charge >= 0.3 is 0 Å². The molecule has 0 saturated heterocycles. The van der Waals surface area contributed by atoms with Crippen molar-refractivity contribution in [3.05, 3.63) is 31.0 Å². The number of rotatable bonds is 5. The van der Waals surface area contributed by atoms with Crippen LogP contribution in [0.15, 0.2) is 29.7 Å². The first-order valence-electron chi connectivity index (χ1n) is 3.91. The summed E-state index contributed by atoms with van der Waals surface area (Å²) in [7, 11) is 0. The number of aromatic nitrogens is 1. The van der Waals surface area contributed by atoms with E-state index < -0.39 is 0 Å². The van der Waals surface area contributed by atoms with Gasteiger partial charge in [0.2, 0.25) is 0 Å². The zero-order valence-electron chi connectivity index (χ0n) is 6.62. The second kappa shape index (κ2) is 4.72. The summed E-state index contributed by atoms with van der Waals surface area (Å²) in [5, 5.41) is 0. The molecule has 0 radical (unpaired) electrons. The lowest BCUT2D eigenvalue weighted by molar-refractivity contribution is 0.493. The fourth-order valence-corrected chi connectivity index (χ4v) is 0.953. The molecule has 0 aliphatic carbocycles. The Labute approximate surface area is 66.9 Å². The van der Waals surface area contributed by atoms with E-state index in [1.54, 1.807) is 6.20 Å². The van der Waals surface area contributed by atoms with Crippen LogP contribution in [0.25, 0.3) is 0 Å². The minimum atomic E-state index is 0.981. The van der Waals surface area contributed by atoms with Crippen molar-refractivity contribution in [2.24, 2.45) is 0 Å². The second-order valence-corrected chi connectivity index (χ2v) is 2.50. The Hall–Kier alpha value is -1.05. The summed E-state index contributed by atoms with van der Waals surface area (Å²) in [5.41, 5.74) is 0. The van der Waals surface area contributed by atoms with Gasteiger partial charge in [0.15, 0.2) is 6.39 Å². The number of aryl methyl sites for hydroxylation is 1. The van der Waals surface area contributed by atoms with E-state index in [-0.39, 0.29) is 0 Å². The Bertz CT molecular complexity index is 191. The average Bonchev–Trinajstić information content (AvgIpc) is 2.50. The second-order valence-electron chi connectivity index (χ2n) is 2.50. The molecule has 0 amide bonds. The molecular weight excluding hydrogens is 138 g/mol. The van der Waals surface area contributed by atoms with Gasteiger partial charge in [-0.05, 0) is 19.3 Å². The van der Waals surface area contributed by atoms with Crippen LogP contribution < -0.4 is 0 Å². The molecule has 0 aliphatic rings. The lowest BCUT2D eigenvalue weighted by atomic mass is 10.2. The molecule has 60 valence electrons. The molecule has 11 heavy (non-hydrogen) atoms. The fraction of sp³-hybridized carbons (Fsp3) is 0.444. The predicted octanol–water partition coefficient (Wildman–Crippen LogP) is 2.57. The third-order valence-corrected chi connectivity index (χ3v) is 1.56. The normalized spacial score (nSPS) is 9.82. The van der Waals surface area contributed by atoms with Crippen LogP contribution in [0.5, 0.6) is 0 Å². The van der Waals surface area contributed by atoms with Crippen molar-refractivity contribution in [2.45, 2.75) is 25.7 Å². The molecule has 0 aromatic carbocycles. The highest BCUT2D eigenvalue weighted by atomic mass is 16.3. The summed E-state index contributed by atoms with van der Waals surface area (Å²) in [6, 6.07) is 0. The number of nitrogens with zero attached hydrogens (tertiary/aromatic N) is 1. The van der Waals surface area contributed by atoms with Gasteiger partial charge in [-0.3, -0.25) is 0 Å². The number of oxazole rings is 1. The molecule has 0 aliphatic heterocycles. The van der Waals surface area contributed by atoms with Crippen molar-refractivity contribution in [1.29, 1.82) is 0 Å². The van der Waals surface area contributed by atoms with Gasteiger partial charge in [0.05, 0.1) is 6.20 Å². The quantitative estimate of drug-likeness (QED) is 0.477. The van der Waals surface area contributed by atoms with E-state index in [2.05, 4.69) is 11.6 Å². The van der Waals surface area contributed by atoms with E-state index in [0.717, 1.165) is 25.0 Å². The molecule has 2 heteroatoms. The number of hydrogen-bond donors (Lipinski definition) is 0. The summed E-state index contributed by atoms with van der Waals surface area (Å²) < 4.78 is 5.08. The molecule has 1 aromatic rings. The third kappa shape index (κ3) is 3.03. The Morgan fingerprint density at radius 1 is 1.55 bits per heavy atom. The zero-order valence-corrected chi connectivity index (χ0v) is 6.62. The van der Waals surface area contributed by atoms with Crippen molar-refractivity contribution in [3.63, 3.8) is 0 Å². The smallest absolute Gasteiger partial charge is 0.180 e. The molecule has 0 unspecified atom stereocenters. The van der Waals surface area contributed by atoms with Crippen LogP contribution >= 0.6 is 0 Å². The molecule has 0 atom stereocenters. The largest absolute Gasteiger partial charge is 0.449 e. The minimum Gasteiger partial charge on any atom is -0.449 e. The fourth-order valence-electron chi connectivity index (χ4n) is 0.953. The van der Waals surface area contributed by atoms with Crippen LogP contribution in [0.2, 0.25) is 0 Å². The Morgan fingerprint density at radius 3 is 3.09 bits per heavy atom. The maximum atomic E-state index is 5.08. The predicted molar refractivity (Wildman–Crippen MR) is 44.3 cm³/mol. The van der Waals surface area contributed by atoms with E-state index in [1.807, 2.05) is 6.08 Å². The average molecular weight is 151 g/mol. The minimum absolute atomic E-state index is 0.981. The first-order valence-corrected chi connectivity index (χ1v) is 3.91. The molecule has 1 aromatic heterocycles. The van der Waals surface area contributed by atoms with Crippen molar-refractivity contribution in [3.8, 4) is 0 Å². The van der Waals surface area contributed by atoms with Gasteiger partial charge in [0, 0.05) is 6.42 Å². The van der Waals surface area contributed by atoms with E-state index in [9.17, 15) is 0 Å². The summed E-state index contributed by atoms with van der Waals surface area (Å²) in [4.78, 5) is 3.83. The highest BCUT2D eigenvalue weighted by Crippen LogP contribution is 2.04. The third-order valence-electron chi connectivity index (χ3n) is 1.56. The maximum absolute atomic E-state index is 5.08. The van der Waals surface area contributed by atoms with Crippen molar-refractivity contribution in [1.82, 2.24) is 4.98 Å². The first kappa shape index (κ1) is 8.05. The molecule has 0 N–H and O–H groups in total. The topological polar surface area (TPSA) is 26.0 Å². The van der Waals surface area contributed by atoms with Gasteiger partial charge in [0.1, 0.15) is 5.76 Å². The first-order chi connectivity index (χ1) is 5.43. The summed E-state index contributed by atoms with van der Waals surface area (Å²) >= 11 is 0. The number of hydrogen-bond acceptors (Lipinski definition) is 2. The van der Waals surface area contributed by atoms with Crippen molar-refractivity contribution >= 4 is 0 Å². The molecule has 0 spiro atoms. The van der Waals surface area contributed by atoms with Crippen molar-refractivity contribution in [2.75, 3.05) is 0 Å². The molecule has 0 bridgehead atoms. The summed E-state index contributed by atoms with van der Waals surface area (Å²) in [6.45, 7) is 3.66. The molecule has 0 fully saturated rings.